The number of nitrogens with one attached hydrogen (secondary N) is 1. The van der Waals surface area contributed by atoms with Gasteiger partial charge in [0.15, 0.2) is 0 Å². The van der Waals surface area contributed by atoms with Crippen LogP contribution >= 0.6 is 0 Å². The number of benzene rings is 2. The molecule has 23 heavy (non-hydrogen) atoms. The summed E-state index contributed by atoms with van der Waals surface area (Å²) in [7, 11) is 1.64. The van der Waals surface area contributed by atoms with E-state index in [9.17, 15) is 4.79 Å². The standard InChI is InChI=1S/C19H22N2O2/c1-4-14-15-8-11(2)9-16(18(15)21-19(14)22)17(20)12-6-5-7-13(10-12)23-3/h5-10,14,17H,4,20H2,1-3H3,(H,21,22). The molecular formula is C19H22N2O2. The fourth-order valence-corrected chi connectivity index (χ4v) is 3.28. The molecule has 2 unspecified atom stereocenters. The van der Waals surface area contributed by atoms with Crippen molar-refractivity contribution in [2.45, 2.75) is 32.2 Å². The number of methoxy groups -OCH3 is 1. The number of ether oxygens (including phenoxy) is 1. The molecule has 120 valence electrons. The molecule has 1 aliphatic rings. The molecule has 3 rings (SSSR count). The van der Waals surface area contributed by atoms with Gasteiger partial charge in [-0.1, -0.05) is 36.8 Å². The maximum Gasteiger partial charge on any atom is 0.232 e. The zero-order chi connectivity index (χ0) is 16.6. The lowest BCUT2D eigenvalue weighted by atomic mass is 9.90. The summed E-state index contributed by atoms with van der Waals surface area (Å²) in [5.41, 5.74) is 11.5. The largest absolute Gasteiger partial charge is 0.497 e. The van der Waals surface area contributed by atoms with Gasteiger partial charge in [-0.25, -0.2) is 0 Å². The number of hydrogen-bond acceptors (Lipinski definition) is 3. The molecule has 1 aliphatic heterocycles. The summed E-state index contributed by atoms with van der Waals surface area (Å²) in [6, 6.07) is 11.6. The first-order valence-corrected chi connectivity index (χ1v) is 7.90. The smallest absolute Gasteiger partial charge is 0.232 e. The minimum Gasteiger partial charge on any atom is -0.497 e. The van der Waals surface area contributed by atoms with E-state index in [0.717, 1.165) is 40.1 Å². The topological polar surface area (TPSA) is 64.4 Å². The van der Waals surface area contributed by atoms with Gasteiger partial charge in [0.2, 0.25) is 5.91 Å². The molecule has 0 radical (unpaired) electrons. The number of carbonyl (C=O) groups is 1. The van der Waals surface area contributed by atoms with Crippen LogP contribution in [0, 0.1) is 6.92 Å². The van der Waals surface area contributed by atoms with E-state index in [1.165, 1.54) is 0 Å². The minimum absolute atomic E-state index is 0.0622. The Labute approximate surface area is 136 Å². The maximum atomic E-state index is 12.2. The van der Waals surface area contributed by atoms with Crippen molar-refractivity contribution in [2.24, 2.45) is 5.73 Å². The van der Waals surface area contributed by atoms with Gasteiger partial charge in [-0.2, -0.15) is 0 Å². The first-order chi connectivity index (χ1) is 11.0. The molecule has 0 saturated carbocycles. The Morgan fingerprint density at radius 3 is 2.78 bits per heavy atom. The van der Waals surface area contributed by atoms with Gasteiger partial charge in [0, 0.05) is 5.69 Å². The van der Waals surface area contributed by atoms with Gasteiger partial charge < -0.3 is 15.8 Å². The van der Waals surface area contributed by atoms with E-state index in [4.69, 9.17) is 10.5 Å². The SMILES string of the molecule is CCC1C(=O)Nc2c1cc(C)cc2C(N)c1cccc(OC)c1. The molecule has 0 fully saturated rings. The molecular weight excluding hydrogens is 288 g/mol. The third-order valence-electron chi connectivity index (χ3n) is 4.48. The summed E-state index contributed by atoms with van der Waals surface area (Å²) >= 11 is 0. The van der Waals surface area contributed by atoms with Gasteiger partial charge in [-0.3, -0.25) is 4.79 Å². The third-order valence-corrected chi connectivity index (χ3v) is 4.48. The van der Waals surface area contributed by atoms with Gasteiger partial charge in [0.1, 0.15) is 5.75 Å². The van der Waals surface area contributed by atoms with E-state index in [1.54, 1.807) is 7.11 Å². The first kappa shape index (κ1) is 15.6. The molecule has 0 bridgehead atoms. The second-order valence-electron chi connectivity index (χ2n) is 6.02. The number of rotatable bonds is 4. The van der Waals surface area contributed by atoms with Crippen molar-refractivity contribution in [3.05, 3.63) is 58.7 Å². The van der Waals surface area contributed by atoms with Crippen molar-refractivity contribution in [1.82, 2.24) is 0 Å². The van der Waals surface area contributed by atoms with Crippen LogP contribution in [0.3, 0.4) is 0 Å². The van der Waals surface area contributed by atoms with Crippen molar-refractivity contribution in [3.8, 4) is 5.75 Å². The minimum atomic E-state index is -0.311. The molecule has 0 aromatic heterocycles. The van der Waals surface area contributed by atoms with Crippen LogP contribution in [0.2, 0.25) is 0 Å². The summed E-state index contributed by atoms with van der Waals surface area (Å²) < 4.78 is 5.28. The molecule has 4 heteroatoms. The van der Waals surface area contributed by atoms with Gasteiger partial charge >= 0.3 is 0 Å². The van der Waals surface area contributed by atoms with Gasteiger partial charge in [0.05, 0.1) is 19.1 Å². The number of anilines is 1. The lowest BCUT2D eigenvalue weighted by Crippen LogP contribution is -2.15. The number of aryl methyl sites for hydroxylation is 1. The number of hydrogen-bond donors (Lipinski definition) is 2. The Morgan fingerprint density at radius 2 is 2.09 bits per heavy atom. The van der Waals surface area contributed by atoms with Crippen molar-refractivity contribution in [2.75, 3.05) is 12.4 Å². The molecule has 3 N–H and O–H groups in total. The summed E-state index contributed by atoms with van der Waals surface area (Å²) in [6.45, 7) is 4.07. The van der Waals surface area contributed by atoms with Crippen LogP contribution in [0.1, 0.15) is 47.6 Å². The number of fused-ring (bicyclic) bond motifs is 1. The van der Waals surface area contributed by atoms with Gasteiger partial charge in [-0.15, -0.1) is 0 Å². The summed E-state index contributed by atoms with van der Waals surface area (Å²) in [6.07, 6.45) is 0.788. The normalized spacial score (nSPS) is 17.6. The zero-order valence-corrected chi connectivity index (χ0v) is 13.7. The third kappa shape index (κ3) is 2.70. The van der Waals surface area contributed by atoms with Gasteiger partial charge in [0.25, 0.3) is 0 Å². The highest BCUT2D eigenvalue weighted by atomic mass is 16.5. The number of amides is 1. The van der Waals surface area contributed by atoms with E-state index in [0.29, 0.717) is 0 Å². The monoisotopic (exact) mass is 310 g/mol. The van der Waals surface area contributed by atoms with Crippen molar-refractivity contribution in [3.63, 3.8) is 0 Å². The van der Waals surface area contributed by atoms with E-state index in [-0.39, 0.29) is 17.9 Å². The summed E-state index contributed by atoms with van der Waals surface area (Å²) in [5, 5.41) is 3.02. The van der Waals surface area contributed by atoms with E-state index in [1.807, 2.05) is 38.1 Å². The van der Waals surface area contributed by atoms with Crippen molar-refractivity contribution >= 4 is 11.6 Å². The Morgan fingerprint density at radius 1 is 1.30 bits per heavy atom. The van der Waals surface area contributed by atoms with E-state index < -0.39 is 0 Å². The average molecular weight is 310 g/mol. The van der Waals surface area contributed by atoms with Crippen LogP contribution in [0.25, 0.3) is 0 Å². The van der Waals surface area contributed by atoms with Crippen molar-refractivity contribution in [1.29, 1.82) is 0 Å². The van der Waals surface area contributed by atoms with E-state index in [2.05, 4.69) is 17.4 Å². The molecule has 4 nitrogen and oxygen atoms in total. The molecule has 2 aromatic carbocycles. The zero-order valence-electron chi connectivity index (χ0n) is 13.7. The predicted octanol–water partition coefficient (Wildman–Crippen LogP) is 3.50. The highest BCUT2D eigenvalue weighted by molar-refractivity contribution is 6.04. The molecule has 2 atom stereocenters. The first-order valence-electron chi connectivity index (χ1n) is 7.90. The predicted molar refractivity (Wildman–Crippen MR) is 91.9 cm³/mol. The summed E-state index contributed by atoms with van der Waals surface area (Å²) in [5.74, 6) is 0.756. The molecule has 1 amide bonds. The van der Waals surface area contributed by atoms with Crippen LogP contribution in [0.4, 0.5) is 5.69 Å². The van der Waals surface area contributed by atoms with Crippen LogP contribution in [0.15, 0.2) is 36.4 Å². The fourth-order valence-electron chi connectivity index (χ4n) is 3.28. The highest BCUT2D eigenvalue weighted by Crippen LogP contribution is 2.41. The Bertz CT molecular complexity index is 755. The molecule has 0 spiro atoms. The lowest BCUT2D eigenvalue weighted by molar-refractivity contribution is -0.117. The second kappa shape index (κ2) is 6.05. The molecule has 0 aliphatic carbocycles. The average Bonchev–Trinajstić information content (AvgIpc) is 2.88. The number of nitrogens with two attached hydrogens (primary N) is 1. The van der Waals surface area contributed by atoms with Crippen molar-refractivity contribution < 1.29 is 9.53 Å². The maximum absolute atomic E-state index is 12.2. The second-order valence-corrected chi connectivity index (χ2v) is 6.02. The van der Waals surface area contributed by atoms with E-state index >= 15 is 0 Å². The summed E-state index contributed by atoms with van der Waals surface area (Å²) in [4.78, 5) is 12.2. The number of carbonyl (C=O) groups excluding carboxylic acids is 1. The Hall–Kier alpha value is -2.33. The Kier molecular flexibility index (Phi) is 4.09. The van der Waals surface area contributed by atoms with Gasteiger partial charge in [-0.05, 0) is 42.2 Å². The van der Waals surface area contributed by atoms with Crippen LogP contribution in [0.5, 0.6) is 5.75 Å². The Balaban J connectivity index is 2.08. The molecule has 0 saturated heterocycles. The van der Waals surface area contributed by atoms with Crippen LogP contribution in [-0.2, 0) is 4.79 Å². The lowest BCUT2D eigenvalue weighted by Gasteiger charge is -2.18. The molecule has 1 heterocycles. The fraction of sp³-hybridized carbons (Fsp3) is 0.316. The van der Waals surface area contributed by atoms with Crippen LogP contribution < -0.4 is 15.8 Å². The highest BCUT2D eigenvalue weighted by Gasteiger charge is 2.32. The quantitative estimate of drug-likeness (QED) is 0.908. The molecule has 2 aromatic rings. The van der Waals surface area contributed by atoms with Crippen LogP contribution in [-0.4, -0.2) is 13.0 Å².